The number of quaternary nitrogens is 1. The first-order chi connectivity index (χ1) is 8.09. The largest absolute Gasteiger partial charge is 0.317 e. The summed E-state index contributed by atoms with van der Waals surface area (Å²) in [5.41, 5.74) is 4.27. The van der Waals surface area contributed by atoms with E-state index in [0.29, 0.717) is 5.54 Å². The molecule has 0 aromatic rings. The lowest BCUT2D eigenvalue weighted by molar-refractivity contribution is -0.942. The molecule has 2 unspecified atom stereocenters. The van der Waals surface area contributed by atoms with Crippen molar-refractivity contribution in [2.24, 2.45) is 5.92 Å². The van der Waals surface area contributed by atoms with Crippen molar-refractivity contribution < 1.29 is 4.48 Å². The van der Waals surface area contributed by atoms with Crippen LogP contribution in [0.25, 0.3) is 0 Å². The Balaban J connectivity index is 2.01. The molecule has 17 heavy (non-hydrogen) atoms. The van der Waals surface area contributed by atoms with E-state index in [2.05, 4.69) is 20.9 Å². The van der Waals surface area contributed by atoms with Crippen molar-refractivity contribution in [2.75, 3.05) is 20.1 Å². The number of hydrogen-bond donors (Lipinski definition) is 0. The molecule has 2 heterocycles. The van der Waals surface area contributed by atoms with Gasteiger partial charge in [0.2, 0.25) is 0 Å². The van der Waals surface area contributed by atoms with Crippen LogP contribution in [0.15, 0.2) is 11.1 Å². The molecule has 0 saturated carbocycles. The first-order valence-electron chi connectivity index (χ1n) is 7.65. The fourth-order valence-electron chi connectivity index (χ4n) is 4.95. The highest BCUT2D eigenvalue weighted by Gasteiger charge is 2.56. The van der Waals surface area contributed by atoms with Crippen LogP contribution in [0.4, 0.5) is 0 Å². The summed E-state index contributed by atoms with van der Waals surface area (Å²) < 4.78 is 1.35. The maximum Gasteiger partial charge on any atom is 0.118 e. The Hall–Kier alpha value is -0.300. The summed E-state index contributed by atoms with van der Waals surface area (Å²) in [7, 11) is 2.54. The first-order valence-corrected chi connectivity index (χ1v) is 7.65. The molecule has 0 N–H and O–H groups in total. The van der Waals surface area contributed by atoms with Crippen molar-refractivity contribution >= 4 is 0 Å². The van der Waals surface area contributed by atoms with E-state index < -0.39 is 0 Å². The monoisotopic (exact) mass is 234 g/mol. The number of hydrogen-bond acceptors (Lipinski definition) is 0. The van der Waals surface area contributed by atoms with Gasteiger partial charge in [-0.1, -0.05) is 12.5 Å². The van der Waals surface area contributed by atoms with Crippen LogP contribution in [-0.4, -0.2) is 30.2 Å². The molecule has 96 valence electrons. The predicted molar refractivity (Wildman–Crippen MR) is 72.8 cm³/mol. The molecule has 1 nitrogen and oxygen atoms in total. The van der Waals surface area contributed by atoms with Gasteiger partial charge >= 0.3 is 0 Å². The van der Waals surface area contributed by atoms with Gasteiger partial charge in [0.15, 0.2) is 0 Å². The van der Waals surface area contributed by atoms with E-state index in [0.717, 1.165) is 5.92 Å². The van der Waals surface area contributed by atoms with Gasteiger partial charge in [0, 0.05) is 18.8 Å². The number of likely N-dealkylation sites (N-methyl/N-ethyl adjacent to an activating group) is 1. The smallest absolute Gasteiger partial charge is 0.118 e. The van der Waals surface area contributed by atoms with Crippen LogP contribution in [0.1, 0.15) is 58.8 Å². The molecule has 3 rings (SSSR count). The molecule has 3 aliphatic rings. The number of fused-ring (bicyclic) bond motifs is 2. The predicted octanol–water partition coefficient (Wildman–Crippen LogP) is 3.90. The third kappa shape index (κ3) is 1.54. The fourth-order valence-corrected chi connectivity index (χ4v) is 4.95. The Kier molecular flexibility index (Phi) is 2.66. The molecule has 3 atom stereocenters. The van der Waals surface area contributed by atoms with Gasteiger partial charge in [-0.05, 0) is 44.6 Å². The highest BCUT2D eigenvalue weighted by Crippen LogP contribution is 2.52. The van der Waals surface area contributed by atoms with Crippen molar-refractivity contribution in [3.63, 3.8) is 0 Å². The van der Waals surface area contributed by atoms with Crippen LogP contribution in [0.5, 0.6) is 0 Å². The normalized spacial score (nSPS) is 45.7. The standard InChI is InChI=1S/C16H28N/c1-4-13-11-16(2)15-8-6-5-7-14(15)9-10-17(16,3)12-13/h13H,4-12H2,1-3H3/q+1/t13?,16-,17?/m1/s1. The lowest BCUT2D eigenvalue weighted by Crippen LogP contribution is -2.60. The molecule has 0 aromatic heterocycles. The first kappa shape index (κ1) is 11.8. The topological polar surface area (TPSA) is 0 Å². The van der Waals surface area contributed by atoms with E-state index in [4.69, 9.17) is 0 Å². The van der Waals surface area contributed by atoms with Crippen LogP contribution in [-0.2, 0) is 0 Å². The Labute approximate surface area is 106 Å². The van der Waals surface area contributed by atoms with Crippen molar-refractivity contribution in [1.82, 2.24) is 0 Å². The van der Waals surface area contributed by atoms with Crippen LogP contribution in [0.3, 0.4) is 0 Å². The van der Waals surface area contributed by atoms with E-state index in [1.54, 1.807) is 0 Å². The molecular formula is C16H28N+. The summed E-state index contributed by atoms with van der Waals surface area (Å²) in [6.45, 7) is 7.81. The van der Waals surface area contributed by atoms with Gasteiger partial charge < -0.3 is 4.48 Å². The van der Waals surface area contributed by atoms with Crippen LogP contribution in [0.2, 0.25) is 0 Å². The molecule has 1 heteroatoms. The summed E-state index contributed by atoms with van der Waals surface area (Å²) in [6, 6.07) is 0. The number of rotatable bonds is 1. The summed E-state index contributed by atoms with van der Waals surface area (Å²) in [5.74, 6) is 0.971. The van der Waals surface area contributed by atoms with Gasteiger partial charge in [0.1, 0.15) is 5.54 Å². The lowest BCUT2D eigenvalue weighted by Gasteiger charge is -2.51. The Morgan fingerprint density at radius 3 is 2.76 bits per heavy atom. The average molecular weight is 234 g/mol. The van der Waals surface area contributed by atoms with E-state index in [1.165, 1.54) is 62.5 Å². The van der Waals surface area contributed by atoms with E-state index in [-0.39, 0.29) is 0 Å². The van der Waals surface area contributed by atoms with Gasteiger partial charge in [-0.15, -0.1) is 0 Å². The van der Waals surface area contributed by atoms with Crippen molar-refractivity contribution in [2.45, 2.75) is 64.3 Å². The molecule has 1 aliphatic carbocycles. The zero-order valence-electron chi connectivity index (χ0n) is 11.9. The molecule has 0 spiro atoms. The van der Waals surface area contributed by atoms with Crippen LogP contribution >= 0.6 is 0 Å². The minimum absolute atomic E-state index is 0.509. The summed E-state index contributed by atoms with van der Waals surface area (Å²) >= 11 is 0. The number of nitrogens with zero attached hydrogens (tertiary/aromatic N) is 1. The van der Waals surface area contributed by atoms with E-state index in [9.17, 15) is 0 Å². The highest BCUT2D eigenvalue weighted by atomic mass is 15.4. The van der Waals surface area contributed by atoms with Gasteiger partial charge in [0.05, 0.1) is 20.1 Å². The zero-order chi connectivity index (χ0) is 12.1. The molecule has 0 radical (unpaired) electrons. The summed E-state index contributed by atoms with van der Waals surface area (Å²) in [4.78, 5) is 0. The van der Waals surface area contributed by atoms with E-state index >= 15 is 0 Å². The zero-order valence-corrected chi connectivity index (χ0v) is 11.9. The third-order valence-electron chi connectivity index (χ3n) is 6.26. The minimum Gasteiger partial charge on any atom is -0.317 e. The maximum atomic E-state index is 2.59. The summed E-state index contributed by atoms with van der Waals surface area (Å²) in [5, 5.41) is 0. The third-order valence-corrected chi connectivity index (χ3v) is 6.26. The molecule has 0 bridgehead atoms. The van der Waals surface area contributed by atoms with Crippen molar-refractivity contribution in [1.29, 1.82) is 0 Å². The SMILES string of the molecule is CCC1C[C@]2(C)C3=C(CCCC3)CC[N+]2(C)C1. The Bertz CT molecular complexity index is 357. The molecular weight excluding hydrogens is 206 g/mol. The molecule has 1 fully saturated rings. The quantitative estimate of drug-likeness (QED) is 0.477. The minimum atomic E-state index is 0.509. The van der Waals surface area contributed by atoms with Gasteiger partial charge in [-0.25, -0.2) is 0 Å². The van der Waals surface area contributed by atoms with Crippen molar-refractivity contribution in [3.8, 4) is 0 Å². The van der Waals surface area contributed by atoms with Gasteiger partial charge in [-0.3, -0.25) is 0 Å². The van der Waals surface area contributed by atoms with Crippen LogP contribution < -0.4 is 0 Å². The maximum absolute atomic E-state index is 2.59. The Morgan fingerprint density at radius 2 is 2.00 bits per heavy atom. The molecule has 0 amide bonds. The van der Waals surface area contributed by atoms with Crippen molar-refractivity contribution in [3.05, 3.63) is 11.1 Å². The second-order valence-corrected chi connectivity index (χ2v) is 7.09. The van der Waals surface area contributed by atoms with E-state index in [1.807, 2.05) is 11.1 Å². The second kappa shape index (κ2) is 3.85. The summed E-state index contributed by atoms with van der Waals surface area (Å²) in [6.07, 6.45) is 9.97. The molecule has 1 saturated heterocycles. The molecule has 0 aromatic carbocycles. The Morgan fingerprint density at radius 1 is 1.24 bits per heavy atom. The highest BCUT2D eigenvalue weighted by molar-refractivity contribution is 5.29. The second-order valence-electron chi connectivity index (χ2n) is 7.09. The average Bonchev–Trinajstić information content (AvgIpc) is 2.62. The molecule has 2 aliphatic heterocycles. The lowest BCUT2D eigenvalue weighted by atomic mass is 9.73. The van der Waals surface area contributed by atoms with Gasteiger partial charge in [0.25, 0.3) is 0 Å². The fraction of sp³-hybridized carbons (Fsp3) is 0.875. The van der Waals surface area contributed by atoms with Crippen LogP contribution in [0, 0.1) is 5.92 Å². The van der Waals surface area contributed by atoms with Gasteiger partial charge in [-0.2, -0.15) is 0 Å².